The largest absolute Gasteiger partial charge is 0.393 e. The number of piperidine rings is 1. The number of aliphatic hydroxyl groups excluding tert-OH is 1. The Morgan fingerprint density at radius 2 is 1.88 bits per heavy atom. The van der Waals surface area contributed by atoms with Gasteiger partial charge in [-0.3, -0.25) is 4.79 Å². The van der Waals surface area contributed by atoms with Crippen molar-refractivity contribution in [3.8, 4) is 0 Å². The standard InChI is InChI=1S/C13H16BrNO2/c14-9-10-1-3-11(4-2-10)13(17)15-7-5-12(16)6-8-15/h1-4,12,16H,5-9H2. The van der Waals surface area contributed by atoms with Crippen molar-refractivity contribution in [2.75, 3.05) is 13.1 Å². The number of benzene rings is 1. The Morgan fingerprint density at radius 1 is 1.29 bits per heavy atom. The Labute approximate surface area is 110 Å². The fraction of sp³-hybridized carbons (Fsp3) is 0.462. The van der Waals surface area contributed by atoms with E-state index < -0.39 is 0 Å². The molecule has 1 aromatic rings. The molecule has 2 rings (SSSR count). The molecule has 0 aromatic heterocycles. The third-order valence-electron chi connectivity index (χ3n) is 3.11. The van der Waals surface area contributed by atoms with E-state index in [0.717, 1.165) is 16.5 Å². The van der Waals surface area contributed by atoms with Crippen LogP contribution in [0.4, 0.5) is 0 Å². The molecule has 1 amide bonds. The van der Waals surface area contributed by atoms with Gasteiger partial charge in [0.1, 0.15) is 0 Å². The molecule has 1 aliphatic heterocycles. The predicted octanol–water partition coefficient (Wildman–Crippen LogP) is 2.18. The van der Waals surface area contributed by atoms with Crippen LogP contribution >= 0.6 is 15.9 Å². The van der Waals surface area contributed by atoms with Gasteiger partial charge in [-0.25, -0.2) is 0 Å². The first-order valence-electron chi connectivity index (χ1n) is 5.83. The molecule has 1 saturated heterocycles. The molecule has 1 heterocycles. The van der Waals surface area contributed by atoms with Crippen LogP contribution in [0.1, 0.15) is 28.8 Å². The van der Waals surface area contributed by atoms with Crippen LogP contribution in [-0.4, -0.2) is 35.1 Å². The molecule has 0 atom stereocenters. The van der Waals surface area contributed by atoms with Gasteiger partial charge in [-0.15, -0.1) is 0 Å². The van der Waals surface area contributed by atoms with Gasteiger partial charge >= 0.3 is 0 Å². The van der Waals surface area contributed by atoms with Crippen LogP contribution < -0.4 is 0 Å². The molecule has 17 heavy (non-hydrogen) atoms. The van der Waals surface area contributed by atoms with Crippen LogP contribution in [-0.2, 0) is 5.33 Å². The predicted molar refractivity (Wildman–Crippen MR) is 70.2 cm³/mol. The van der Waals surface area contributed by atoms with Crippen molar-refractivity contribution < 1.29 is 9.90 Å². The number of nitrogens with zero attached hydrogens (tertiary/aromatic N) is 1. The first-order valence-corrected chi connectivity index (χ1v) is 6.95. The SMILES string of the molecule is O=C(c1ccc(CBr)cc1)N1CCC(O)CC1. The van der Waals surface area contributed by atoms with Gasteiger partial charge in [-0.1, -0.05) is 28.1 Å². The first kappa shape index (κ1) is 12.6. The number of alkyl halides is 1. The zero-order chi connectivity index (χ0) is 12.3. The maximum absolute atomic E-state index is 12.1. The molecule has 4 heteroatoms. The fourth-order valence-corrected chi connectivity index (χ4v) is 2.36. The van der Waals surface area contributed by atoms with Crippen LogP contribution in [0.5, 0.6) is 0 Å². The lowest BCUT2D eigenvalue weighted by atomic mass is 10.1. The van der Waals surface area contributed by atoms with Crippen molar-refractivity contribution in [3.05, 3.63) is 35.4 Å². The third kappa shape index (κ3) is 3.07. The molecule has 0 spiro atoms. The number of halogens is 1. The zero-order valence-corrected chi connectivity index (χ0v) is 11.2. The number of likely N-dealkylation sites (tertiary alicyclic amines) is 1. The van der Waals surface area contributed by atoms with E-state index in [9.17, 15) is 9.90 Å². The first-order chi connectivity index (χ1) is 8.20. The van der Waals surface area contributed by atoms with Crippen molar-refractivity contribution in [2.45, 2.75) is 24.3 Å². The lowest BCUT2D eigenvalue weighted by molar-refractivity contribution is 0.0546. The minimum atomic E-state index is -0.241. The van der Waals surface area contributed by atoms with Crippen LogP contribution in [0.15, 0.2) is 24.3 Å². The van der Waals surface area contributed by atoms with E-state index in [1.54, 1.807) is 0 Å². The van der Waals surface area contributed by atoms with Crippen molar-refractivity contribution in [3.63, 3.8) is 0 Å². The van der Waals surface area contributed by atoms with Crippen LogP contribution in [0.2, 0.25) is 0 Å². The summed E-state index contributed by atoms with van der Waals surface area (Å²) in [5, 5.41) is 10.2. The summed E-state index contributed by atoms with van der Waals surface area (Å²) in [4.78, 5) is 14.0. The molecular formula is C13H16BrNO2. The molecule has 0 unspecified atom stereocenters. The van der Waals surface area contributed by atoms with Gasteiger partial charge in [0.2, 0.25) is 0 Å². The second kappa shape index (κ2) is 5.65. The second-order valence-corrected chi connectivity index (χ2v) is 4.91. The summed E-state index contributed by atoms with van der Waals surface area (Å²) in [7, 11) is 0. The van der Waals surface area contributed by atoms with Crippen LogP contribution in [0, 0.1) is 0 Å². The molecule has 1 N–H and O–H groups in total. The number of carbonyl (C=O) groups excluding carboxylic acids is 1. The van der Waals surface area contributed by atoms with E-state index >= 15 is 0 Å². The van der Waals surface area contributed by atoms with Crippen molar-refractivity contribution >= 4 is 21.8 Å². The molecule has 1 aromatic carbocycles. The van der Waals surface area contributed by atoms with Gasteiger partial charge in [-0.2, -0.15) is 0 Å². The molecule has 0 bridgehead atoms. The fourth-order valence-electron chi connectivity index (χ4n) is 1.99. The summed E-state index contributed by atoms with van der Waals surface area (Å²) in [6.45, 7) is 1.31. The number of aliphatic hydroxyl groups is 1. The molecular weight excluding hydrogens is 282 g/mol. The lowest BCUT2D eigenvalue weighted by Gasteiger charge is -2.29. The van der Waals surface area contributed by atoms with Gasteiger partial charge < -0.3 is 10.0 Å². The highest BCUT2D eigenvalue weighted by Crippen LogP contribution is 2.15. The van der Waals surface area contributed by atoms with E-state index in [0.29, 0.717) is 25.9 Å². The van der Waals surface area contributed by atoms with Gasteiger partial charge in [0.15, 0.2) is 0 Å². The molecule has 0 aliphatic carbocycles. The quantitative estimate of drug-likeness (QED) is 0.850. The highest BCUT2D eigenvalue weighted by Gasteiger charge is 2.21. The highest BCUT2D eigenvalue weighted by molar-refractivity contribution is 9.08. The van der Waals surface area contributed by atoms with Gasteiger partial charge in [0.25, 0.3) is 5.91 Å². The van der Waals surface area contributed by atoms with Crippen molar-refractivity contribution in [2.24, 2.45) is 0 Å². The number of amides is 1. The summed E-state index contributed by atoms with van der Waals surface area (Å²) in [5.41, 5.74) is 1.89. The second-order valence-electron chi connectivity index (χ2n) is 4.35. The molecule has 1 aliphatic rings. The Hall–Kier alpha value is -0.870. The van der Waals surface area contributed by atoms with Crippen LogP contribution in [0.3, 0.4) is 0 Å². The Bertz CT molecular complexity index is 383. The van der Waals surface area contributed by atoms with Gasteiger partial charge in [0, 0.05) is 24.0 Å². The van der Waals surface area contributed by atoms with E-state index in [4.69, 9.17) is 0 Å². The molecule has 0 saturated carbocycles. The smallest absolute Gasteiger partial charge is 0.253 e. The molecule has 92 valence electrons. The Kier molecular flexibility index (Phi) is 4.18. The summed E-state index contributed by atoms with van der Waals surface area (Å²) in [6, 6.07) is 7.65. The van der Waals surface area contributed by atoms with E-state index in [2.05, 4.69) is 15.9 Å². The molecule has 0 radical (unpaired) electrons. The number of carbonyl (C=O) groups is 1. The monoisotopic (exact) mass is 297 g/mol. The number of rotatable bonds is 2. The molecule has 1 fully saturated rings. The van der Waals surface area contributed by atoms with E-state index in [1.807, 2.05) is 29.2 Å². The van der Waals surface area contributed by atoms with Crippen molar-refractivity contribution in [1.82, 2.24) is 4.90 Å². The summed E-state index contributed by atoms with van der Waals surface area (Å²) >= 11 is 3.38. The maximum Gasteiger partial charge on any atom is 0.253 e. The highest BCUT2D eigenvalue weighted by atomic mass is 79.9. The minimum absolute atomic E-state index is 0.0676. The normalized spacial score (nSPS) is 17.2. The summed E-state index contributed by atoms with van der Waals surface area (Å²) in [5.74, 6) is 0.0676. The maximum atomic E-state index is 12.1. The van der Waals surface area contributed by atoms with Gasteiger partial charge in [0.05, 0.1) is 6.10 Å². The topological polar surface area (TPSA) is 40.5 Å². The average molecular weight is 298 g/mol. The summed E-state index contributed by atoms with van der Waals surface area (Å²) in [6.07, 6.45) is 1.13. The molecule has 3 nitrogen and oxygen atoms in total. The van der Waals surface area contributed by atoms with E-state index in [-0.39, 0.29) is 12.0 Å². The van der Waals surface area contributed by atoms with Crippen LogP contribution in [0.25, 0.3) is 0 Å². The number of hydrogen-bond donors (Lipinski definition) is 1. The number of hydrogen-bond acceptors (Lipinski definition) is 2. The van der Waals surface area contributed by atoms with E-state index in [1.165, 1.54) is 0 Å². The zero-order valence-electron chi connectivity index (χ0n) is 9.60. The van der Waals surface area contributed by atoms with Crippen molar-refractivity contribution in [1.29, 1.82) is 0 Å². The Balaban J connectivity index is 2.03. The van der Waals surface area contributed by atoms with Gasteiger partial charge in [-0.05, 0) is 30.5 Å². The Morgan fingerprint density at radius 3 is 2.41 bits per heavy atom. The third-order valence-corrected chi connectivity index (χ3v) is 3.75. The average Bonchev–Trinajstić information content (AvgIpc) is 2.39. The summed E-state index contributed by atoms with van der Waals surface area (Å²) < 4.78 is 0. The lowest BCUT2D eigenvalue weighted by Crippen LogP contribution is -2.40. The minimum Gasteiger partial charge on any atom is -0.393 e.